The maximum absolute atomic E-state index is 7.00. The highest BCUT2D eigenvalue weighted by molar-refractivity contribution is 7.99. The van der Waals surface area contributed by atoms with Crippen LogP contribution in [-0.2, 0) is 0 Å². The van der Waals surface area contributed by atoms with Gasteiger partial charge in [-0.2, -0.15) is 0 Å². The number of aliphatic hydroxyl groups is 1. The van der Waals surface area contributed by atoms with E-state index in [1.165, 1.54) is 9.79 Å². The van der Waals surface area contributed by atoms with Gasteiger partial charge in [-0.15, -0.1) is 0 Å². The number of rotatable bonds is 2. The summed E-state index contributed by atoms with van der Waals surface area (Å²) in [5, 5.41) is 7.00. The van der Waals surface area contributed by atoms with E-state index >= 15 is 0 Å². The van der Waals surface area contributed by atoms with E-state index in [4.69, 9.17) is 5.11 Å². The SMILES string of the molecule is CO.c1ccc(Sc2ccccc2)cc1.c1ccccc1. The van der Waals surface area contributed by atoms with Crippen LogP contribution in [0, 0.1) is 0 Å². The molecule has 0 atom stereocenters. The lowest BCUT2D eigenvalue weighted by Crippen LogP contribution is -1.70. The molecular weight excluding hydrogens is 276 g/mol. The van der Waals surface area contributed by atoms with Gasteiger partial charge in [0, 0.05) is 16.9 Å². The van der Waals surface area contributed by atoms with E-state index < -0.39 is 0 Å². The molecule has 0 heterocycles. The van der Waals surface area contributed by atoms with E-state index in [9.17, 15) is 0 Å². The third-order valence-electron chi connectivity index (χ3n) is 2.39. The third kappa shape index (κ3) is 7.98. The molecule has 0 aliphatic rings. The second kappa shape index (κ2) is 11.8. The first-order valence-corrected chi connectivity index (χ1v) is 7.49. The Balaban J connectivity index is 0.000000231. The first-order valence-electron chi connectivity index (χ1n) is 6.68. The molecule has 1 N–H and O–H groups in total. The van der Waals surface area contributed by atoms with Gasteiger partial charge >= 0.3 is 0 Å². The maximum atomic E-state index is 7.00. The third-order valence-corrected chi connectivity index (χ3v) is 3.40. The van der Waals surface area contributed by atoms with Gasteiger partial charge in [0.2, 0.25) is 0 Å². The van der Waals surface area contributed by atoms with Crippen molar-refractivity contribution in [2.24, 2.45) is 0 Å². The summed E-state index contributed by atoms with van der Waals surface area (Å²) in [6, 6.07) is 32.8. The number of hydrogen-bond donors (Lipinski definition) is 1. The zero-order valence-electron chi connectivity index (χ0n) is 12.1. The van der Waals surface area contributed by atoms with Crippen LogP contribution in [0.5, 0.6) is 0 Å². The van der Waals surface area contributed by atoms with Gasteiger partial charge in [0.25, 0.3) is 0 Å². The normalized spacial score (nSPS) is 8.67. The molecule has 0 fully saturated rings. The molecule has 0 bridgehead atoms. The molecule has 3 aromatic rings. The van der Waals surface area contributed by atoms with Crippen LogP contribution in [0.25, 0.3) is 0 Å². The molecule has 0 amide bonds. The molecule has 0 saturated carbocycles. The minimum absolute atomic E-state index is 1.00. The molecule has 21 heavy (non-hydrogen) atoms. The van der Waals surface area contributed by atoms with Gasteiger partial charge in [0.05, 0.1) is 0 Å². The van der Waals surface area contributed by atoms with Crippen molar-refractivity contribution in [2.75, 3.05) is 7.11 Å². The van der Waals surface area contributed by atoms with E-state index in [1.807, 2.05) is 48.5 Å². The highest BCUT2D eigenvalue weighted by atomic mass is 32.2. The van der Waals surface area contributed by atoms with Crippen molar-refractivity contribution in [1.29, 1.82) is 0 Å². The van der Waals surface area contributed by atoms with Crippen LogP contribution in [0.1, 0.15) is 0 Å². The maximum Gasteiger partial charge on any atom is 0.0319 e. The first kappa shape index (κ1) is 17.0. The molecule has 2 heteroatoms. The average molecular weight is 296 g/mol. The van der Waals surface area contributed by atoms with Gasteiger partial charge in [0.15, 0.2) is 0 Å². The van der Waals surface area contributed by atoms with Crippen molar-refractivity contribution in [3.05, 3.63) is 97.1 Å². The molecule has 1 nitrogen and oxygen atoms in total. The van der Waals surface area contributed by atoms with Crippen LogP contribution >= 0.6 is 11.8 Å². The van der Waals surface area contributed by atoms with Crippen molar-refractivity contribution < 1.29 is 5.11 Å². The van der Waals surface area contributed by atoms with Gasteiger partial charge in [0.1, 0.15) is 0 Å². The summed E-state index contributed by atoms with van der Waals surface area (Å²) in [6.07, 6.45) is 0. The predicted molar refractivity (Wildman–Crippen MR) is 91.6 cm³/mol. The number of hydrogen-bond acceptors (Lipinski definition) is 2. The van der Waals surface area contributed by atoms with Gasteiger partial charge in [-0.05, 0) is 24.3 Å². The number of benzene rings is 3. The van der Waals surface area contributed by atoms with E-state index in [2.05, 4.69) is 48.5 Å². The second-order valence-corrected chi connectivity index (χ2v) is 5.03. The average Bonchev–Trinajstić information content (AvgIpc) is 2.61. The summed E-state index contributed by atoms with van der Waals surface area (Å²) in [5.74, 6) is 0. The van der Waals surface area contributed by atoms with E-state index in [0.29, 0.717) is 0 Å². The van der Waals surface area contributed by atoms with Crippen LogP contribution in [0.4, 0.5) is 0 Å². The molecule has 0 aromatic heterocycles. The zero-order valence-corrected chi connectivity index (χ0v) is 12.9. The summed E-state index contributed by atoms with van der Waals surface area (Å²) in [6.45, 7) is 0. The van der Waals surface area contributed by atoms with Gasteiger partial charge < -0.3 is 5.11 Å². The van der Waals surface area contributed by atoms with Crippen LogP contribution in [0.15, 0.2) is 107 Å². The van der Waals surface area contributed by atoms with E-state index in [-0.39, 0.29) is 0 Å². The van der Waals surface area contributed by atoms with Crippen molar-refractivity contribution in [3.8, 4) is 0 Å². The summed E-state index contributed by atoms with van der Waals surface area (Å²) >= 11 is 1.79. The lowest BCUT2D eigenvalue weighted by Gasteiger charge is -1.99. The van der Waals surface area contributed by atoms with E-state index in [1.54, 1.807) is 11.8 Å². The molecule has 3 rings (SSSR count). The Morgan fingerprint density at radius 2 is 0.714 bits per heavy atom. The molecule has 0 aliphatic heterocycles. The Kier molecular flexibility index (Phi) is 9.54. The molecule has 0 saturated heterocycles. The lowest BCUT2D eigenvalue weighted by atomic mass is 10.4. The van der Waals surface area contributed by atoms with Crippen LogP contribution in [0.3, 0.4) is 0 Å². The molecule has 0 unspecified atom stereocenters. The molecular formula is C19H20OS. The van der Waals surface area contributed by atoms with Crippen LogP contribution < -0.4 is 0 Å². The minimum Gasteiger partial charge on any atom is -0.400 e. The first-order chi connectivity index (χ1) is 10.4. The largest absolute Gasteiger partial charge is 0.400 e. The fourth-order valence-corrected chi connectivity index (χ4v) is 2.36. The summed E-state index contributed by atoms with van der Waals surface area (Å²) < 4.78 is 0. The molecule has 108 valence electrons. The summed E-state index contributed by atoms with van der Waals surface area (Å²) in [7, 11) is 1.00. The standard InChI is InChI=1S/C12H10S.C6H6.CH4O/c1-3-7-11(8-4-1)13-12-9-5-2-6-10-12;1-2-4-6-5-3-1;1-2/h1-10H;1-6H;2H,1H3. The molecule has 0 radical (unpaired) electrons. The quantitative estimate of drug-likeness (QED) is 0.707. The number of aliphatic hydroxyl groups excluding tert-OH is 1. The smallest absolute Gasteiger partial charge is 0.0319 e. The molecule has 0 aliphatic carbocycles. The predicted octanol–water partition coefficient (Wildman–Crippen LogP) is 5.13. The lowest BCUT2D eigenvalue weighted by molar-refractivity contribution is 0.399. The van der Waals surface area contributed by atoms with Crippen molar-refractivity contribution >= 4 is 11.8 Å². The Labute approximate surface area is 131 Å². The monoisotopic (exact) mass is 296 g/mol. The molecule has 0 spiro atoms. The van der Waals surface area contributed by atoms with Crippen molar-refractivity contribution in [3.63, 3.8) is 0 Å². The Hall–Kier alpha value is -2.03. The molecule has 3 aromatic carbocycles. The van der Waals surface area contributed by atoms with Crippen LogP contribution in [0.2, 0.25) is 0 Å². The fraction of sp³-hybridized carbons (Fsp3) is 0.0526. The summed E-state index contributed by atoms with van der Waals surface area (Å²) in [5.41, 5.74) is 0. The van der Waals surface area contributed by atoms with Gasteiger partial charge in [-0.25, -0.2) is 0 Å². The highest BCUT2D eigenvalue weighted by Crippen LogP contribution is 2.26. The van der Waals surface area contributed by atoms with Gasteiger partial charge in [-0.1, -0.05) is 84.6 Å². The Morgan fingerprint density at radius 1 is 0.476 bits per heavy atom. The fourth-order valence-electron chi connectivity index (χ4n) is 1.50. The second-order valence-electron chi connectivity index (χ2n) is 3.88. The van der Waals surface area contributed by atoms with E-state index in [0.717, 1.165) is 7.11 Å². The van der Waals surface area contributed by atoms with Crippen LogP contribution in [-0.4, -0.2) is 12.2 Å². The zero-order chi connectivity index (χ0) is 15.2. The minimum atomic E-state index is 1.00. The topological polar surface area (TPSA) is 20.2 Å². The highest BCUT2D eigenvalue weighted by Gasteiger charge is 1.93. The Bertz CT molecular complexity index is 489. The Morgan fingerprint density at radius 3 is 1.00 bits per heavy atom. The van der Waals surface area contributed by atoms with Gasteiger partial charge in [-0.3, -0.25) is 0 Å². The van der Waals surface area contributed by atoms with Crippen molar-refractivity contribution in [1.82, 2.24) is 0 Å². The summed E-state index contributed by atoms with van der Waals surface area (Å²) in [4.78, 5) is 2.57. The van der Waals surface area contributed by atoms with Crippen molar-refractivity contribution in [2.45, 2.75) is 9.79 Å².